The number of aromatic nitrogens is 1. The maximum Gasteiger partial charge on any atom is 0.120 e. The van der Waals surface area contributed by atoms with Crippen molar-refractivity contribution in [2.24, 2.45) is 7.05 Å². The lowest BCUT2D eigenvalue weighted by atomic mass is 9.86. The highest BCUT2D eigenvalue weighted by Crippen LogP contribution is 2.21. The number of nitrogens with zero attached hydrogens (tertiary/aromatic N) is 2. The molecule has 17 heavy (non-hydrogen) atoms. The van der Waals surface area contributed by atoms with Gasteiger partial charge in [-0.15, -0.1) is 0 Å². The van der Waals surface area contributed by atoms with Crippen molar-refractivity contribution in [1.29, 1.82) is 5.26 Å². The first-order valence-electron chi connectivity index (χ1n) is 5.70. The van der Waals surface area contributed by atoms with Crippen LogP contribution in [0.1, 0.15) is 39.0 Å². The molecule has 0 unspecified atom stereocenters. The molecule has 0 saturated heterocycles. The minimum atomic E-state index is -0.806. The van der Waals surface area contributed by atoms with Crippen molar-refractivity contribution in [3.05, 3.63) is 23.5 Å². The molecule has 0 spiro atoms. The molecule has 0 bridgehead atoms. The summed E-state index contributed by atoms with van der Waals surface area (Å²) in [5, 5.41) is 22.2. The van der Waals surface area contributed by atoms with Gasteiger partial charge in [0.25, 0.3) is 0 Å². The van der Waals surface area contributed by atoms with Gasteiger partial charge >= 0.3 is 0 Å². The number of nitrogens with one attached hydrogen (secondary N) is 1. The molecule has 0 amide bonds. The predicted octanol–water partition coefficient (Wildman–Crippen LogP) is 1.54. The molecule has 1 heterocycles. The lowest BCUT2D eigenvalue weighted by Gasteiger charge is -2.38. The van der Waals surface area contributed by atoms with Crippen molar-refractivity contribution >= 4 is 0 Å². The molecule has 1 aromatic rings. The van der Waals surface area contributed by atoms with Gasteiger partial charge in [0.05, 0.1) is 5.60 Å². The van der Waals surface area contributed by atoms with Crippen LogP contribution in [-0.4, -0.2) is 20.8 Å². The zero-order chi connectivity index (χ0) is 13.3. The van der Waals surface area contributed by atoms with Crippen LogP contribution in [0.5, 0.6) is 0 Å². The Hall–Kier alpha value is -1.31. The van der Waals surface area contributed by atoms with Crippen molar-refractivity contribution in [1.82, 2.24) is 9.88 Å². The minimum absolute atomic E-state index is 0.393. The van der Waals surface area contributed by atoms with Gasteiger partial charge in [-0.1, -0.05) is 0 Å². The molecular weight excluding hydrogens is 214 g/mol. The van der Waals surface area contributed by atoms with Gasteiger partial charge in [0, 0.05) is 25.3 Å². The number of aryl methyl sites for hydroxylation is 1. The summed E-state index contributed by atoms with van der Waals surface area (Å²) >= 11 is 0. The third-order valence-electron chi connectivity index (χ3n) is 3.44. The van der Waals surface area contributed by atoms with Gasteiger partial charge in [0.1, 0.15) is 11.8 Å². The van der Waals surface area contributed by atoms with Gasteiger partial charge in [-0.3, -0.25) is 0 Å². The summed E-state index contributed by atoms with van der Waals surface area (Å²) in [6.07, 6.45) is 1.92. The van der Waals surface area contributed by atoms with Crippen LogP contribution in [0, 0.1) is 11.3 Å². The van der Waals surface area contributed by atoms with E-state index in [-0.39, 0.29) is 0 Å². The lowest BCUT2D eigenvalue weighted by Crippen LogP contribution is -2.55. The molecular formula is C13H21N3O. The monoisotopic (exact) mass is 235 g/mol. The molecule has 4 heteroatoms. The van der Waals surface area contributed by atoms with Crippen LogP contribution in [0.4, 0.5) is 0 Å². The Balaban J connectivity index is 2.72. The van der Waals surface area contributed by atoms with E-state index in [1.807, 2.05) is 33.2 Å². The molecule has 0 aromatic carbocycles. The fraction of sp³-hybridized carbons (Fsp3) is 0.615. The third-order valence-corrected chi connectivity index (χ3v) is 3.44. The second-order valence-electron chi connectivity index (χ2n) is 5.49. The molecule has 0 saturated carbocycles. The normalized spacial score (nSPS) is 12.5. The second-order valence-corrected chi connectivity index (χ2v) is 5.49. The summed E-state index contributed by atoms with van der Waals surface area (Å²) in [6, 6.07) is 3.98. The van der Waals surface area contributed by atoms with Crippen molar-refractivity contribution < 1.29 is 5.11 Å². The average molecular weight is 235 g/mol. The summed E-state index contributed by atoms with van der Waals surface area (Å²) in [7, 11) is 1.85. The lowest BCUT2D eigenvalue weighted by molar-refractivity contribution is -0.00531. The first-order chi connectivity index (χ1) is 7.67. The molecule has 0 aliphatic carbocycles. The number of aliphatic hydroxyl groups is 1. The highest BCUT2D eigenvalue weighted by Gasteiger charge is 2.34. The predicted molar refractivity (Wildman–Crippen MR) is 67.3 cm³/mol. The highest BCUT2D eigenvalue weighted by atomic mass is 16.3. The average Bonchev–Trinajstić information content (AvgIpc) is 2.54. The Bertz CT molecular complexity index is 432. The third kappa shape index (κ3) is 3.09. The Kier molecular flexibility index (Phi) is 3.65. The van der Waals surface area contributed by atoms with E-state index < -0.39 is 11.1 Å². The molecule has 0 fully saturated rings. The van der Waals surface area contributed by atoms with Gasteiger partial charge < -0.3 is 15.0 Å². The summed E-state index contributed by atoms with van der Waals surface area (Å²) in [4.78, 5) is 0. The summed E-state index contributed by atoms with van der Waals surface area (Å²) in [6.45, 7) is 8.12. The molecule has 2 N–H and O–H groups in total. The van der Waals surface area contributed by atoms with Crippen LogP contribution in [0.25, 0.3) is 0 Å². The Morgan fingerprint density at radius 3 is 2.41 bits per heavy atom. The van der Waals surface area contributed by atoms with E-state index in [4.69, 9.17) is 5.26 Å². The molecule has 94 valence electrons. The number of hydrogen-bond acceptors (Lipinski definition) is 3. The van der Waals surface area contributed by atoms with E-state index in [2.05, 4.69) is 11.4 Å². The highest BCUT2D eigenvalue weighted by molar-refractivity contribution is 5.28. The van der Waals surface area contributed by atoms with Gasteiger partial charge in [-0.05, 0) is 39.3 Å². The smallest absolute Gasteiger partial charge is 0.120 e. The molecule has 0 aliphatic rings. The molecule has 1 aromatic heterocycles. The van der Waals surface area contributed by atoms with E-state index in [0.717, 1.165) is 5.56 Å². The standard InChI is InChI=1S/C13H21N3O/c1-12(2,13(3,4)17)15-8-10-6-11(7-14)16(5)9-10/h6,9,15,17H,8H2,1-5H3. The van der Waals surface area contributed by atoms with Crippen LogP contribution in [0.3, 0.4) is 0 Å². The molecule has 0 aliphatic heterocycles. The van der Waals surface area contributed by atoms with E-state index in [1.165, 1.54) is 0 Å². The van der Waals surface area contributed by atoms with Crippen molar-refractivity contribution in [3.8, 4) is 6.07 Å². The fourth-order valence-electron chi connectivity index (χ4n) is 1.38. The zero-order valence-corrected chi connectivity index (χ0v) is 11.2. The van der Waals surface area contributed by atoms with E-state index in [9.17, 15) is 5.11 Å². The molecule has 0 atom stereocenters. The van der Waals surface area contributed by atoms with Gasteiger partial charge in [-0.2, -0.15) is 5.26 Å². The Morgan fingerprint density at radius 2 is 2.00 bits per heavy atom. The van der Waals surface area contributed by atoms with Gasteiger partial charge in [0.2, 0.25) is 0 Å². The number of hydrogen-bond donors (Lipinski definition) is 2. The summed E-state index contributed by atoms with van der Waals surface area (Å²) in [5.74, 6) is 0. The Morgan fingerprint density at radius 1 is 1.41 bits per heavy atom. The van der Waals surface area contributed by atoms with E-state index >= 15 is 0 Å². The van der Waals surface area contributed by atoms with Crippen LogP contribution >= 0.6 is 0 Å². The van der Waals surface area contributed by atoms with Crippen molar-refractivity contribution in [2.45, 2.75) is 45.4 Å². The van der Waals surface area contributed by atoms with Gasteiger partial charge in [-0.25, -0.2) is 0 Å². The second kappa shape index (κ2) is 4.52. The maximum atomic E-state index is 10.0. The van der Waals surface area contributed by atoms with Gasteiger partial charge in [0.15, 0.2) is 0 Å². The fourth-order valence-corrected chi connectivity index (χ4v) is 1.38. The minimum Gasteiger partial charge on any atom is -0.389 e. The van der Waals surface area contributed by atoms with Crippen molar-refractivity contribution in [3.63, 3.8) is 0 Å². The molecule has 1 rings (SSSR count). The summed E-state index contributed by atoms with van der Waals surface area (Å²) < 4.78 is 1.80. The largest absolute Gasteiger partial charge is 0.389 e. The first kappa shape index (κ1) is 13.8. The van der Waals surface area contributed by atoms with Crippen LogP contribution in [0.15, 0.2) is 12.3 Å². The Labute approximate surface area is 103 Å². The van der Waals surface area contributed by atoms with Crippen LogP contribution in [0.2, 0.25) is 0 Å². The topological polar surface area (TPSA) is 61.0 Å². The first-order valence-corrected chi connectivity index (χ1v) is 5.70. The SMILES string of the molecule is Cn1cc(CNC(C)(C)C(C)(C)O)cc1C#N. The maximum absolute atomic E-state index is 10.0. The molecule has 4 nitrogen and oxygen atoms in total. The van der Waals surface area contributed by atoms with E-state index in [0.29, 0.717) is 12.2 Å². The quantitative estimate of drug-likeness (QED) is 0.832. The summed E-state index contributed by atoms with van der Waals surface area (Å²) in [5.41, 5.74) is 0.486. The number of rotatable bonds is 4. The van der Waals surface area contributed by atoms with E-state index in [1.54, 1.807) is 18.4 Å². The zero-order valence-electron chi connectivity index (χ0n) is 11.2. The van der Waals surface area contributed by atoms with Crippen molar-refractivity contribution in [2.75, 3.05) is 0 Å². The van der Waals surface area contributed by atoms with Crippen LogP contribution < -0.4 is 5.32 Å². The molecule has 0 radical (unpaired) electrons. The number of nitriles is 1. The van der Waals surface area contributed by atoms with Crippen LogP contribution in [-0.2, 0) is 13.6 Å².